The van der Waals surface area contributed by atoms with Gasteiger partial charge in [-0.15, -0.1) is 0 Å². The van der Waals surface area contributed by atoms with E-state index in [-0.39, 0.29) is 0 Å². The Morgan fingerprint density at radius 2 is 2.00 bits per heavy atom. The lowest BCUT2D eigenvalue weighted by Crippen LogP contribution is -2.41. The first kappa shape index (κ1) is 9.34. The fraction of sp³-hybridized carbons (Fsp3) is 0.667. The van der Waals surface area contributed by atoms with Gasteiger partial charge in [0.25, 0.3) is 10.1 Å². The van der Waals surface area contributed by atoms with Crippen LogP contribution in [0.1, 0.15) is 0 Å². The summed E-state index contributed by atoms with van der Waals surface area (Å²) in [7, 11) is -4.41. The normalized spacial score (nSPS) is 14.6. The molecule has 1 atom stereocenters. The van der Waals surface area contributed by atoms with Crippen LogP contribution in [0.4, 0.5) is 0 Å². The molecule has 7 heteroatoms. The molecule has 0 rings (SSSR count). The van der Waals surface area contributed by atoms with Crippen LogP contribution >= 0.6 is 0 Å². The smallest absolute Gasteiger partial charge is 0.278 e. The van der Waals surface area contributed by atoms with Crippen molar-refractivity contribution in [3.63, 3.8) is 0 Å². The van der Waals surface area contributed by atoms with Gasteiger partial charge in [-0.05, 0) is 0 Å². The zero-order valence-electron chi connectivity index (χ0n) is 5.02. The number of rotatable bonds is 3. The van der Waals surface area contributed by atoms with Crippen molar-refractivity contribution in [1.29, 1.82) is 0 Å². The van der Waals surface area contributed by atoms with Crippen molar-refractivity contribution in [3.05, 3.63) is 0 Å². The second-order valence-electron chi connectivity index (χ2n) is 1.64. The van der Waals surface area contributed by atoms with E-state index in [1.807, 2.05) is 0 Å². The predicted molar refractivity (Wildman–Crippen MR) is 33.6 cm³/mol. The van der Waals surface area contributed by atoms with Gasteiger partial charge in [0, 0.05) is 6.54 Å². The van der Waals surface area contributed by atoms with Gasteiger partial charge in [0.15, 0.2) is 5.25 Å². The van der Waals surface area contributed by atoms with Crippen molar-refractivity contribution in [1.82, 2.24) is 0 Å². The first-order valence-corrected chi connectivity index (χ1v) is 3.85. The third kappa shape index (κ3) is 2.29. The molecule has 0 aliphatic carbocycles. The van der Waals surface area contributed by atoms with Gasteiger partial charge in [0.1, 0.15) is 0 Å². The fourth-order valence-corrected chi connectivity index (χ4v) is 0.921. The average Bonchev–Trinajstić information content (AvgIpc) is 1.60. The van der Waals surface area contributed by atoms with Crippen LogP contribution in [0.5, 0.6) is 0 Å². The Balaban J connectivity index is 4.55. The SMILES string of the molecule is NCC(C(N)=O)S(=O)(=O)O. The molecule has 0 saturated heterocycles. The maximum absolute atomic E-state index is 10.2. The van der Waals surface area contributed by atoms with Crippen molar-refractivity contribution < 1.29 is 17.8 Å². The molecular weight excluding hydrogens is 160 g/mol. The van der Waals surface area contributed by atoms with Gasteiger partial charge in [-0.2, -0.15) is 8.42 Å². The summed E-state index contributed by atoms with van der Waals surface area (Å²) in [6, 6.07) is 0. The summed E-state index contributed by atoms with van der Waals surface area (Å²) in [5.41, 5.74) is 9.40. The van der Waals surface area contributed by atoms with Crippen molar-refractivity contribution >= 4 is 16.0 Å². The van der Waals surface area contributed by atoms with Crippen molar-refractivity contribution in [3.8, 4) is 0 Å². The van der Waals surface area contributed by atoms with E-state index in [0.29, 0.717) is 0 Å². The standard InChI is InChI=1S/C3H8N2O4S/c4-1-2(3(5)6)10(7,8)9/h2H,1,4H2,(H2,5,6)(H,7,8,9). The van der Waals surface area contributed by atoms with Crippen molar-refractivity contribution in [2.75, 3.05) is 6.54 Å². The van der Waals surface area contributed by atoms with E-state index in [1.54, 1.807) is 0 Å². The second-order valence-corrected chi connectivity index (χ2v) is 3.24. The first-order chi connectivity index (χ1) is 4.39. The molecule has 1 amide bonds. The maximum Gasteiger partial charge on any atom is 0.278 e. The molecule has 6 nitrogen and oxygen atoms in total. The van der Waals surface area contributed by atoms with Crippen LogP contribution in [0.2, 0.25) is 0 Å². The molecular formula is C3H8N2O4S. The largest absolute Gasteiger partial charge is 0.368 e. The highest BCUT2D eigenvalue weighted by Crippen LogP contribution is 1.93. The Kier molecular flexibility index (Phi) is 2.76. The number of nitrogens with two attached hydrogens (primary N) is 2. The van der Waals surface area contributed by atoms with Gasteiger partial charge in [-0.3, -0.25) is 9.35 Å². The van der Waals surface area contributed by atoms with Crippen LogP contribution in [0.15, 0.2) is 0 Å². The molecule has 0 aliphatic heterocycles. The highest BCUT2D eigenvalue weighted by Gasteiger charge is 2.26. The Morgan fingerprint density at radius 1 is 1.60 bits per heavy atom. The minimum atomic E-state index is -4.41. The molecule has 0 aromatic carbocycles. The summed E-state index contributed by atoms with van der Waals surface area (Å²) in [6.45, 7) is -0.506. The number of carbonyl (C=O) groups is 1. The van der Waals surface area contributed by atoms with E-state index in [9.17, 15) is 13.2 Å². The van der Waals surface area contributed by atoms with Gasteiger partial charge in [-0.25, -0.2) is 0 Å². The lowest BCUT2D eigenvalue weighted by Gasteiger charge is -2.04. The van der Waals surface area contributed by atoms with Gasteiger partial charge >= 0.3 is 0 Å². The number of carbonyl (C=O) groups excluding carboxylic acids is 1. The molecule has 0 fully saturated rings. The zero-order chi connectivity index (χ0) is 8.36. The van der Waals surface area contributed by atoms with E-state index in [1.165, 1.54) is 0 Å². The Morgan fingerprint density at radius 3 is 2.00 bits per heavy atom. The fourth-order valence-electron chi connectivity index (χ4n) is 0.385. The van der Waals surface area contributed by atoms with E-state index in [4.69, 9.17) is 10.3 Å². The van der Waals surface area contributed by atoms with Gasteiger partial charge in [0.05, 0.1) is 0 Å². The zero-order valence-corrected chi connectivity index (χ0v) is 5.84. The Bertz CT molecular complexity index is 221. The minimum absolute atomic E-state index is 0.506. The third-order valence-corrected chi connectivity index (χ3v) is 2.03. The highest BCUT2D eigenvalue weighted by molar-refractivity contribution is 7.87. The molecule has 0 aliphatic rings. The quantitative estimate of drug-likeness (QED) is 0.408. The molecule has 0 bridgehead atoms. The topological polar surface area (TPSA) is 123 Å². The van der Waals surface area contributed by atoms with Crippen LogP contribution in [-0.4, -0.2) is 30.7 Å². The van der Waals surface area contributed by atoms with Crippen LogP contribution in [-0.2, 0) is 14.9 Å². The van der Waals surface area contributed by atoms with E-state index in [2.05, 4.69) is 5.73 Å². The molecule has 0 heterocycles. The summed E-state index contributed by atoms with van der Waals surface area (Å²) in [4.78, 5) is 10.2. The van der Waals surface area contributed by atoms with Crippen LogP contribution in [0.3, 0.4) is 0 Å². The van der Waals surface area contributed by atoms with E-state index in [0.717, 1.165) is 0 Å². The van der Waals surface area contributed by atoms with Crippen LogP contribution in [0.25, 0.3) is 0 Å². The van der Waals surface area contributed by atoms with Crippen LogP contribution in [0, 0.1) is 0 Å². The molecule has 1 unspecified atom stereocenters. The van der Waals surface area contributed by atoms with Crippen molar-refractivity contribution in [2.45, 2.75) is 5.25 Å². The molecule has 0 aromatic rings. The molecule has 0 aromatic heterocycles. The summed E-state index contributed by atoms with van der Waals surface area (Å²) in [5.74, 6) is -1.15. The molecule has 10 heavy (non-hydrogen) atoms. The Labute approximate surface area is 57.9 Å². The second kappa shape index (κ2) is 2.95. The Hall–Kier alpha value is -0.660. The molecule has 0 saturated carbocycles. The number of primary amides is 1. The summed E-state index contributed by atoms with van der Waals surface area (Å²) in [6.07, 6.45) is 0. The predicted octanol–water partition coefficient (Wildman–Crippen LogP) is -2.31. The average molecular weight is 168 g/mol. The van der Waals surface area contributed by atoms with Crippen molar-refractivity contribution in [2.24, 2.45) is 11.5 Å². The minimum Gasteiger partial charge on any atom is -0.368 e. The summed E-state index contributed by atoms with van der Waals surface area (Å²) >= 11 is 0. The molecule has 5 N–H and O–H groups in total. The summed E-state index contributed by atoms with van der Waals surface area (Å²) < 4.78 is 28.6. The number of hydrogen-bond donors (Lipinski definition) is 3. The first-order valence-electron chi connectivity index (χ1n) is 2.35. The summed E-state index contributed by atoms with van der Waals surface area (Å²) in [5, 5.41) is -1.69. The number of amides is 1. The van der Waals surface area contributed by atoms with Crippen LogP contribution < -0.4 is 11.5 Å². The number of hydrogen-bond acceptors (Lipinski definition) is 4. The third-order valence-electron chi connectivity index (χ3n) is 0.891. The van der Waals surface area contributed by atoms with Gasteiger partial charge in [0.2, 0.25) is 5.91 Å². The monoisotopic (exact) mass is 168 g/mol. The maximum atomic E-state index is 10.2. The highest BCUT2D eigenvalue weighted by atomic mass is 32.2. The molecule has 0 spiro atoms. The van der Waals surface area contributed by atoms with E-state index < -0.39 is 27.8 Å². The van der Waals surface area contributed by atoms with Gasteiger partial charge < -0.3 is 11.5 Å². The molecule has 0 radical (unpaired) electrons. The lowest BCUT2D eigenvalue weighted by molar-refractivity contribution is -0.117. The van der Waals surface area contributed by atoms with Gasteiger partial charge in [-0.1, -0.05) is 0 Å². The van der Waals surface area contributed by atoms with E-state index >= 15 is 0 Å². The molecule has 60 valence electrons. The lowest BCUT2D eigenvalue weighted by atomic mass is 10.4.